The van der Waals surface area contributed by atoms with Crippen molar-refractivity contribution >= 4 is 11.7 Å². The Hall–Kier alpha value is -1.55. The third kappa shape index (κ3) is 4.21. The molecule has 21 heavy (non-hydrogen) atoms. The number of carbonyl (C=O) groups is 1. The lowest BCUT2D eigenvalue weighted by molar-refractivity contribution is 0.0696. The molecule has 0 saturated carbocycles. The van der Waals surface area contributed by atoms with Gasteiger partial charge in [-0.05, 0) is 63.4 Å². The molecule has 4 nitrogen and oxygen atoms in total. The van der Waals surface area contributed by atoms with Crippen LogP contribution in [0.15, 0.2) is 18.2 Å². The van der Waals surface area contributed by atoms with Crippen LogP contribution in [0.3, 0.4) is 0 Å². The number of anilines is 1. The molecule has 1 aliphatic heterocycles. The first-order chi connectivity index (χ1) is 10.1. The number of hydrogen-bond acceptors (Lipinski definition) is 3. The monoisotopic (exact) mass is 290 g/mol. The van der Waals surface area contributed by atoms with Crippen molar-refractivity contribution in [2.24, 2.45) is 0 Å². The largest absolute Gasteiger partial charge is 0.478 e. The van der Waals surface area contributed by atoms with Crippen molar-refractivity contribution < 1.29 is 9.90 Å². The van der Waals surface area contributed by atoms with Gasteiger partial charge in [-0.25, -0.2) is 4.79 Å². The van der Waals surface area contributed by atoms with Crippen LogP contribution in [0.4, 0.5) is 5.69 Å². The van der Waals surface area contributed by atoms with Gasteiger partial charge in [-0.3, -0.25) is 0 Å². The summed E-state index contributed by atoms with van der Waals surface area (Å²) in [7, 11) is 0. The highest BCUT2D eigenvalue weighted by Gasteiger charge is 2.18. The van der Waals surface area contributed by atoms with E-state index in [0.29, 0.717) is 11.6 Å². The number of hydrogen-bond donors (Lipinski definition) is 2. The van der Waals surface area contributed by atoms with Crippen LogP contribution in [0, 0.1) is 6.92 Å². The third-order valence-electron chi connectivity index (χ3n) is 4.28. The van der Waals surface area contributed by atoms with E-state index in [1.807, 2.05) is 19.1 Å². The second kappa shape index (κ2) is 7.46. The Morgan fingerprint density at radius 2 is 2.19 bits per heavy atom. The van der Waals surface area contributed by atoms with Crippen molar-refractivity contribution in [2.75, 3.05) is 25.0 Å². The van der Waals surface area contributed by atoms with Gasteiger partial charge in [0.2, 0.25) is 0 Å². The second-order valence-electron chi connectivity index (χ2n) is 5.90. The van der Waals surface area contributed by atoms with E-state index in [4.69, 9.17) is 0 Å². The van der Waals surface area contributed by atoms with Crippen molar-refractivity contribution in [1.82, 2.24) is 4.90 Å². The van der Waals surface area contributed by atoms with Crippen LogP contribution in [0.25, 0.3) is 0 Å². The van der Waals surface area contributed by atoms with Crippen molar-refractivity contribution in [1.29, 1.82) is 0 Å². The smallest absolute Gasteiger partial charge is 0.336 e. The highest BCUT2D eigenvalue weighted by atomic mass is 16.4. The van der Waals surface area contributed by atoms with E-state index in [2.05, 4.69) is 17.1 Å². The van der Waals surface area contributed by atoms with Gasteiger partial charge in [0, 0.05) is 18.3 Å². The second-order valence-corrected chi connectivity index (χ2v) is 5.90. The lowest BCUT2D eigenvalue weighted by Gasteiger charge is -2.21. The quantitative estimate of drug-likeness (QED) is 0.873. The maximum Gasteiger partial charge on any atom is 0.336 e. The van der Waals surface area contributed by atoms with Crippen LogP contribution in [0.2, 0.25) is 0 Å². The van der Waals surface area contributed by atoms with Gasteiger partial charge in [-0.1, -0.05) is 13.0 Å². The molecule has 0 spiro atoms. The van der Waals surface area contributed by atoms with Gasteiger partial charge in [-0.15, -0.1) is 0 Å². The fourth-order valence-corrected chi connectivity index (χ4v) is 3.08. The minimum absolute atomic E-state index is 0.390. The van der Waals surface area contributed by atoms with Gasteiger partial charge in [0.25, 0.3) is 0 Å². The van der Waals surface area contributed by atoms with E-state index in [9.17, 15) is 9.90 Å². The van der Waals surface area contributed by atoms with Gasteiger partial charge in [0.15, 0.2) is 0 Å². The van der Waals surface area contributed by atoms with Crippen molar-refractivity contribution in [2.45, 2.75) is 45.6 Å². The first-order valence-corrected chi connectivity index (χ1v) is 7.93. The van der Waals surface area contributed by atoms with Gasteiger partial charge in [-0.2, -0.15) is 0 Å². The predicted octanol–water partition coefficient (Wildman–Crippen LogP) is 3.37. The summed E-state index contributed by atoms with van der Waals surface area (Å²) in [5.74, 6) is -0.855. The van der Waals surface area contributed by atoms with Gasteiger partial charge >= 0.3 is 5.97 Å². The molecule has 0 radical (unpaired) electrons. The highest BCUT2D eigenvalue weighted by Crippen LogP contribution is 2.22. The maximum atomic E-state index is 11.2. The normalized spacial score (nSPS) is 20.0. The minimum atomic E-state index is -0.855. The number of carboxylic acid groups (broad SMARTS) is 1. The highest BCUT2D eigenvalue weighted by molar-refractivity contribution is 5.91. The number of aromatic carboxylic acids is 1. The minimum Gasteiger partial charge on any atom is -0.478 e. The zero-order chi connectivity index (χ0) is 15.2. The molecule has 2 rings (SSSR count). The number of nitrogens with one attached hydrogen (secondary N) is 1. The molecule has 0 aliphatic carbocycles. The summed E-state index contributed by atoms with van der Waals surface area (Å²) in [5.41, 5.74) is 2.18. The summed E-state index contributed by atoms with van der Waals surface area (Å²) in [4.78, 5) is 13.7. The van der Waals surface area contributed by atoms with E-state index >= 15 is 0 Å². The lowest BCUT2D eigenvalue weighted by Crippen LogP contribution is -2.27. The van der Waals surface area contributed by atoms with E-state index in [-0.39, 0.29) is 0 Å². The molecular weight excluding hydrogens is 264 g/mol. The first-order valence-electron chi connectivity index (χ1n) is 7.93. The van der Waals surface area contributed by atoms with Crippen LogP contribution in [0.5, 0.6) is 0 Å². The summed E-state index contributed by atoms with van der Waals surface area (Å²) in [6, 6.07) is 5.91. The standard InChI is InChI=1S/C17H26N2O2/c1-3-10-19-11-5-6-14(9-12-19)18-16-8-4-7-15(13(16)2)17(20)21/h4,7-8,14,18H,3,5-6,9-12H2,1-2H3,(H,20,21). The van der Waals surface area contributed by atoms with Crippen molar-refractivity contribution in [3.8, 4) is 0 Å². The van der Waals surface area contributed by atoms with Crippen molar-refractivity contribution in [3.63, 3.8) is 0 Å². The van der Waals surface area contributed by atoms with Gasteiger partial charge in [0.1, 0.15) is 0 Å². The van der Waals surface area contributed by atoms with E-state index in [1.54, 1.807) is 6.07 Å². The molecule has 1 heterocycles. The summed E-state index contributed by atoms with van der Waals surface area (Å²) in [6.07, 6.45) is 4.68. The molecule has 0 aromatic heterocycles. The number of carboxylic acids is 1. The van der Waals surface area contributed by atoms with Crippen LogP contribution in [0.1, 0.15) is 48.5 Å². The molecule has 116 valence electrons. The fraction of sp³-hybridized carbons (Fsp3) is 0.588. The Bertz CT molecular complexity index is 488. The molecule has 1 saturated heterocycles. The van der Waals surface area contributed by atoms with E-state index in [0.717, 1.165) is 30.6 Å². The maximum absolute atomic E-state index is 11.2. The van der Waals surface area contributed by atoms with Crippen LogP contribution in [-0.2, 0) is 0 Å². The Morgan fingerprint density at radius 3 is 2.90 bits per heavy atom. The number of benzene rings is 1. The molecule has 1 aliphatic rings. The Labute approximate surface area is 127 Å². The molecule has 0 amide bonds. The molecule has 0 bridgehead atoms. The lowest BCUT2D eigenvalue weighted by atomic mass is 10.0. The van der Waals surface area contributed by atoms with Crippen LogP contribution in [-0.4, -0.2) is 41.7 Å². The zero-order valence-corrected chi connectivity index (χ0v) is 13.1. The third-order valence-corrected chi connectivity index (χ3v) is 4.28. The van der Waals surface area contributed by atoms with Gasteiger partial charge < -0.3 is 15.3 Å². The molecule has 1 atom stereocenters. The zero-order valence-electron chi connectivity index (χ0n) is 13.1. The Balaban J connectivity index is 2.02. The summed E-state index contributed by atoms with van der Waals surface area (Å²) in [6.45, 7) is 7.59. The molecule has 2 N–H and O–H groups in total. The average Bonchev–Trinajstić information content (AvgIpc) is 2.67. The summed E-state index contributed by atoms with van der Waals surface area (Å²) in [5, 5.41) is 12.8. The first kappa shape index (κ1) is 15.8. The van der Waals surface area contributed by atoms with Crippen LogP contribution >= 0.6 is 0 Å². The Morgan fingerprint density at radius 1 is 1.38 bits per heavy atom. The summed E-state index contributed by atoms with van der Waals surface area (Å²) >= 11 is 0. The molecule has 1 aromatic rings. The van der Waals surface area contributed by atoms with Gasteiger partial charge in [0.05, 0.1) is 5.56 Å². The molecular formula is C17H26N2O2. The van der Waals surface area contributed by atoms with E-state index < -0.39 is 5.97 Å². The summed E-state index contributed by atoms with van der Waals surface area (Å²) < 4.78 is 0. The SMILES string of the molecule is CCCN1CCCC(Nc2cccc(C(=O)O)c2C)CC1. The number of likely N-dealkylation sites (tertiary alicyclic amines) is 1. The molecule has 4 heteroatoms. The molecule has 1 aromatic carbocycles. The predicted molar refractivity (Wildman–Crippen MR) is 86.1 cm³/mol. The molecule has 1 unspecified atom stereocenters. The van der Waals surface area contributed by atoms with E-state index in [1.165, 1.54) is 25.9 Å². The number of rotatable bonds is 5. The number of nitrogens with zero attached hydrogens (tertiary/aromatic N) is 1. The Kier molecular flexibility index (Phi) is 5.62. The average molecular weight is 290 g/mol. The fourth-order valence-electron chi connectivity index (χ4n) is 3.08. The van der Waals surface area contributed by atoms with Crippen molar-refractivity contribution in [3.05, 3.63) is 29.3 Å². The topological polar surface area (TPSA) is 52.6 Å². The van der Waals surface area contributed by atoms with Crippen LogP contribution < -0.4 is 5.32 Å². The molecule has 1 fully saturated rings.